The topological polar surface area (TPSA) is 41.6 Å². The first-order valence-electron chi connectivity index (χ1n) is 11.3. The molecule has 4 nitrogen and oxygen atoms in total. The van der Waals surface area contributed by atoms with Gasteiger partial charge in [0, 0.05) is 13.1 Å². The molecule has 1 amide bonds. The number of piperidine rings is 1. The standard InChI is InChI=1S/C26H36N2O2/c1-19(2)24-13-12-20(3)16-25(24)30-21(4)26(29)27-17-22-10-6-7-11-23(22)18-28-14-8-5-9-15-28/h6-7,10-13,16,19,21H,5,8-9,14-15,17-18H2,1-4H3,(H,27,29). The van der Waals surface area contributed by atoms with Gasteiger partial charge in [0.05, 0.1) is 0 Å². The fraction of sp³-hybridized carbons (Fsp3) is 0.500. The zero-order valence-corrected chi connectivity index (χ0v) is 18.9. The van der Waals surface area contributed by atoms with Crippen molar-refractivity contribution in [2.75, 3.05) is 13.1 Å². The van der Waals surface area contributed by atoms with Crippen molar-refractivity contribution in [2.45, 2.75) is 72.1 Å². The lowest BCUT2D eigenvalue weighted by Gasteiger charge is -2.27. The summed E-state index contributed by atoms with van der Waals surface area (Å²) in [6, 6.07) is 14.6. The van der Waals surface area contributed by atoms with Crippen LogP contribution in [-0.4, -0.2) is 30.0 Å². The van der Waals surface area contributed by atoms with Crippen molar-refractivity contribution < 1.29 is 9.53 Å². The second-order valence-corrected chi connectivity index (χ2v) is 8.78. The highest BCUT2D eigenvalue weighted by atomic mass is 16.5. The number of nitrogens with one attached hydrogen (secondary N) is 1. The van der Waals surface area contributed by atoms with Crippen LogP contribution in [0.4, 0.5) is 0 Å². The molecule has 0 aromatic heterocycles. The zero-order valence-electron chi connectivity index (χ0n) is 18.9. The van der Waals surface area contributed by atoms with Crippen LogP contribution in [0, 0.1) is 6.92 Å². The molecule has 0 bridgehead atoms. The van der Waals surface area contributed by atoms with E-state index in [-0.39, 0.29) is 5.91 Å². The summed E-state index contributed by atoms with van der Waals surface area (Å²) in [5, 5.41) is 3.08. The molecular formula is C26H36N2O2. The van der Waals surface area contributed by atoms with E-state index in [4.69, 9.17) is 4.74 Å². The average Bonchev–Trinajstić information content (AvgIpc) is 2.73. The second kappa shape index (κ2) is 10.6. The van der Waals surface area contributed by atoms with E-state index in [1.54, 1.807) is 0 Å². The summed E-state index contributed by atoms with van der Waals surface area (Å²) in [6.45, 7) is 12.0. The lowest BCUT2D eigenvalue weighted by molar-refractivity contribution is -0.127. The summed E-state index contributed by atoms with van der Waals surface area (Å²) >= 11 is 0. The smallest absolute Gasteiger partial charge is 0.261 e. The van der Waals surface area contributed by atoms with Crippen molar-refractivity contribution >= 4 is 5.91 Å². The predicted octanol–water partition coefficient (Wildman–Crippen LogP) is 5.19. The molecule has 1 N–H and O–H groups in total. The van der Waals surface area contributed by atoms with Crippen LogP contribution in [-0.2, 0) is 17.9 Å². The summed E-state index contributed by atoms with van der Waals surface area (Å²) < 4.78 is 6.07. The van der Waals surface area contributed by atoms with Crippen molar-refractivity contribution in [1.29, 1.82) is 0 Å². The highest BCUT2D eigenvalue weighted by Gasteiger charge is 2.18. The van der Waals surface area contributed by atoms with Gasteiger partial charge in [0.15, 0.2) is 6.10 Å². The van der Waals surface area contributed by atoms with Crippen LogP contribution in [0.25, 0.3) is 0 Å². The molecule has 4 heteroatoms. The monoisotopic (exact) mass is 408 g/mol. The molecule has 0 radical (unpaired) electrons. The van der Waals surface area contributed by atoms with Crippen LogP contribution in [0.5, 0.6) is 5.75 Å². The predicted molar refractivity (Wildman–Crippen MR) is 123 cm³/mol. The molecule has 162 valence electrons. The Morgan fingerprint density at radius 2 is 1.73 bits per heavy atom. The normalized spacial score (nSPS) is 15.8. The Bertz CT molecular complexity index is 841. The lowest BCUT2D eigenvalue weighted by atomic mass is 10.0. The minimum Gasteiger partial charge on any atom is -0.481 e. The van der Waals surface area contributed by atoms with E-state index in [9.17, 15) is 4.79 Å². The Morgan fingerprint density at radius 1 is 1.03 bits per heavy atom. The van der Waals surface area contributed by atoms with Crippen LogP contribution >= 0.6 is 0 Å². The van der Waals surface area contributed by atoms with Gasteiger partial charge in [-0.15, -0.1) is 0 Å². The number of benzene rings is 2. The van der Waals surface area contributed by atoms with Gasteiger partial charge >= 0.3 is 0 Å². The molecule has 2 aromatic rings. The summed E-state index contributed by atoms with van der Waals surface area (Å²) in [7, 11) is 0. The van der Waals surface area contributed by atoms with E-state index >= 15 is 0 Å². The maximum absolute atomic E-state index is 12.7. The Kier molecular flexibility index (Phi) is 7.92. The molecule has 30 heavy (non-hydrogen) atoms. The molecule has 1 unspecified atom stereocenters. The van der Waals surface area contributed by atoms with Crippen LogP contribution in [0.2, 0.25) is 0 Å². The first kappa shape index (κ1) is 22.4. The van der Waals surface area contributed by atoms with Gasteiger partial charge < -0.3 is 10.1 Å². The largest absolute Gasteiger partial charge is 0.481 e. The van der Waals surface area contributed by atoms with Crippen LogP contribution in [0.3, 0.4) is 0 Å². The van der Waals surface area contributed by atoms with Gasteiger partial charge in [-0.2, -0.15) is 0 Å². The van der Waals surface area contributed by atoms with Crippen molar-refractivity contribution in [3.8, 4) is 5.75 Å². The summed E-state index contributed by atoms with van der Waals surface area (Å²) in [6.07, 6.45) is 3.36. The highest BCUT2D eigenvalue weighted by Crippen LogP contribution is 2.28. The van der Waals surface area contributed by atoms with Crippen molar-refractivity contribution in [2.24, 2.45) is 0 Å². The van der Waals surface area contributed by atoms with E-state index < -0.39 is 6.10 Å². The van der Waals surface area contributed by atoms with E-state index in [0.717, 1.165) is 23.4 Å². The molecular weight excluding hydrogens is 372 g/mol. The Hall–Kier alpha value is -2.33. The van der Waals surface area contributed by atoms with Crippen LogP contribution < -0.4 is 10.1 Å². The molecule has 0 aliphatic carbocycles. The maximum Gasteiger partial charge on any atom is 0.261 e. The number of rotatable bonds is 8. The third-order valence-electron chi connectivity index (χ3n) is 5.88. The number of nitrogens with zero attached hydrogens (tertiary/aromatic N) is 1. The Morgan fingerprint density at radius 3 is 2.43 bits per heavy atom. The molecule has 0 saturated carbocycles. The summed E-state index contributed by atoms with van der Waals surface area (Å²) in [4.78, 5) is 15.3. The van der Waals surface area contributed by atoms with Crippen molar-refractivity contribution in [1.82, 2.24) is 10.2 Å². The number of carbonyl (C=O) groups is 1. The average molecular weight is 409 g/mol. The quantitative estimate of drug-likeness (QED) is 0.654. The van der Waals surface area contributed by atoms with Crippen molar-refractivity contribution in [3.63, 3.8) is 0 Å². The highest BCUT2D eigenvalue weighted by molar-refractivity contribution is 5.80. The zero-order chi connectivity index (χ0) is 21.5. The SMILES string of the molecule is Cc1ccc(C(C)C)c(OC(C)C(=O)NCc2ccccc2CN2CCCCC2)c1. The molecule has 2 aromatic carbocycles. The number of hydrogen-bond acceptors (Lipinski definition) is 3. The summed E-state index contributed by atoms with van der Waals surface area (Å²) in [5.74, 6) is 1.06. The number of hydrogen-bond donors (Lipinski definition) is 1. The van der Waals surface area contributed by atoms with Gasteiger partial charge in [-0.3, -0.25) is 9.69 Å². The number of amides is 1. The van der Waals surface area contributed by atoms with E-state index in [0.29, 0.717) is 12.5 Å². The van der Waals surface area contributed by atoms with Gasteiger partial charge in [-0.1, -0.05) is 56.7 Å². The van der Waals surface area contributed by atoms with Crippen molar-refractivity contribution in [3.05, 3.63) is 64.7 Å². The van der Waals surface area contributed by atoms with Gasteiger partial charge in [-0.05, 0) is 74.0 Å². The molecule has 1 aliphatic rings. The number of likely N-dealkylation sites (tertiary alicyclic amines) is 1. The van der Waals surface area contributed by atoms with Crippen LogP contribution in [0.15, 0.2) is 42.5 Å². The van der Waals surface area contributed by atoms with E-state index in [1.807, 2.05) is 26.0 Å². The first-order valence-corrected chi connectivity index (χ1v) is 11.3. The molecule has 0 spiro atoms. The minimum atomic E-state index is -0.543. The molecule has 1 saturated heterocycles. The van der Waals surface area contributed by atoms with Gasteiger partial charge in [-0.25, -0.2) is 0 Å². The third kappa shape index (κ3) is 6.09. The lowest BCUT2D eigenvalue weighted by Crippen LogP contribution is -2.36. The van der Waals surface area contributed by atoms with Gasteiger partial charge in [0.1, 0.15) is 5.75 Å². The van der Waals surface area contributed by atoms with E-state index in [1.165, 1.54) is 43.5 Å². The second-order valence-electron chi connectivity index (χ2n) is 8.78. The molecule has 1 atom stereocenters. The molecule has 1 heterocycles. The number of aryl methyl sites for hydroxylation is 1. The fourth-order valence-electron chi connectivity index (χ4n) is 4.03. The molecule has 1 fully saturated rings. The number of carbonyl (C=O) groups excluding carboxylic acids is 1. The van der Waals surface area contributed by atoms with E-state index in [2.05, 4.69) is 54.4 Å². The fourth-order valence-corrected chi connectivity index (χ4v) is 4.03. The maximum atomic E-state index is 12.7. The minimum absolute atomic E-state index is 0.0843. The Labute approximate surface area is 181 Å². The summed E-state index contributed by atoms with van der Waals surface area (Å²) in [5.41, 5.74) is 4.75. The first-order chi connectivity index (χ1) is 14.4. The molecule has 3 rings (SSSR count). The Balaban J connectivity index is 1.60. The van der Waals surface area contributed by atoms with Crippen LogP contribution in [0.1, 0.15) is 68.2 Å². The number of ether oxygens (including phenoxy) is 1. The van der Waals surface area contributed by atoms with Gasteiger partial charge in [0.2, 0.25) is 0 Å². The van der Waals surface area contributed by atoms with Gasteiger partial charge in [0.25, 0.3) is 5.91 Å². The molecule has 1 aliphatic heterocycles. The third-order valence-corrected chi connectivity index (χ3v) is 5.88.